The molecule has 0 fully saturated rings. The molecule has 144 valence electrons. The minimum Gasteiger partial charge on any atom is -0.481 e. The van der Waals surface area contributed by atoms with E-state index < -0.39 is 23.9 Å². The fraction of sp³-hybridized carbons (Fsp3) is 0.211. The van der Waals surface area contributed by atoms with E-state index >= 15 is 0 Å². The number of amides is 1. The summed E-state index contributed by atoms with van der Waals surface area (Å²) in [6.07, 6.45) is -0.479. The minimum absolute atomic E-state index is 0.371. The quantitative estimate of drug-likeness (QED) is 0.609. The molecule has 6 nitrogen and oxygen atoms in total. The van der Waals surface area contributed by atoms with Gasteiger partial charge in [-0.05, 0) is 43.7 Å². The molecule has 9 heteroatoms. The Morgan fingerprint density at radius 2 is 2.07 bits per heavy atom. The van der Waals surface area contributed by atoms with Gasteiger partial charge in [-0.2, -0.15) is 0 Å². The number of thiazole rings is 1. The number of ether oxygens (including phenoxy) is 1. The smallest absolute Gasteiger partial charge is 0.307 e. The highest BCUT2D eigenvalue weighted by Gasteiger charge is 2.47. The molecule has 0 spiro atoms. The number of anilines is 2. The van der Waals surface area contributed by atoms with Gasteiger partial charge < -0.3 is 9.84 Å². The van der Waals surface area contributed by atoms with Gasteiger partial charge in [0.05, 0.1) is 21.8 Å². The largest absolute Gasteiger partial charge is 0.481 e. The molecule has 2 heterocycles. The lowest BCUT2D eigenvalue weighted by atomic mass is 9.97. The molecule has 1 atom stereocenters. The number of carbonyl (C=O) groups is 2. The number of carbonyl (C=O) groups excluding carboxylic acids is 1. The molecule has 0 radical (unpaired) electrons. The van der Waals surface area contributed by atoms with Crippen LogP contribution in [-0.4, -0.2) is 27.6 Å². The second-order valence-electron chi connectivity index (χ2n) is 6.75. The summed E-state index contributed by atoms with van der Waals surface area (Å²) in [6.45, 7) is 3.36. The van der Waals surface area contributed by atoms with Crippen LogP contribution in [0, 0.1) is 6.92 Å². The first-order chi connectivity index (χ1) is 13.2. The topological polar surface area (TPSA) is 79.7 Å². The normalized spacial score (nSPS) is 18.9. The highest BCUT2D eigenvalue weighted by molar-refractivity contribution is 7.22. The lowest BCUT2D eigenvalue weighted by molar-refractivity contribution is -0.148. The van der Waals surface area contributed by atoms with E-state index in [2.05, 4.69) is 4.98 Å². The molecule has 1 aliphatic heterocycles. The van der Waals surface area contributed by atoms with E-state index in [0.717, 1.165) is 10.3 Å². The summed E-state index contributed by atoms with van der Waals surface area (Å²) < 4.78 is 6.55. The molecule has 0 aliphatic carbocycles. The molecular weight excluding hydrogens is 423 g/mol. The van der Waals surface area contributed by atoms with E-state index in [4.69, 9.17) is 27.9 Å². The van der Waals surface area contributed by atoms with Gasteiger partial charge in [0.15, 0.2) is 10.7 Å². The van der Waals surface area contributed by atoms with Crippen LogP contribution in [-0.2, 0) is 9.59 Å². The van der Waals surface area contributed by atoms with Crippen LogP contribution in [0.4, 0.5) is 10.8 Å². The maximum Gasteiger partial charge on any atom is 0.307 e. The second kappa shape index (κ2) is 6.62. The number of aromatic nitrogens is 1. The van der Waals surface area contributed by atoms with Crippen molar-refractivity contribution in [3.05, 3.63) is 45.9 Å². The molecule has 3 aromatic rings. The van der Waals surface area contributed by atoms with Crippen molar-refractivity contribution in [2.75, 3.05) is 4.90 Å². The Balaban J connectivity index is 1.93. The summed E-state index contributed by atoms with van der Waals surface area (Å²) in [5.41, 5.74) is 0.394. The van der Waals surface area contributed by atoms with E-state index in [1.54, 1.807) is 24.3 Å². The van der Waals surface area contributed by atoms with Gasteiger partial charge in [0, 0.05) is 5.02 Å². The Bertz CT molecular complexity index is 1150. The van der Waals surface area contributed by atoms with Crippen molar-refractivity contribution < 1.29 is 19.4 Å². The third kappa shape index (κ3) is 3.09. The number of hydrogen-bond acceptors (Lipinski definition) is 5. The van der Waals surface area contributed by atoms with E-state index in [1.807, 2.05) is 13.0 Å². The summed E-state index contributed by atoms with van der Waals surface area (Å²) >= 11 is 13.6. The molecule has 1 unspecified atom stereocenters. The van der Waals surface area contributed by atoms with Crippen molar-refractivity contribution in [3.8, 4) is 5.75 Å². The number of aliphatic carboxylic acids is 1. The number of benzene rings is 2. The number of carboxylic acid groups (broad SMARTS) is 1. The van der Waals surface area contributed by atoms with Crippen molar-refractivity contribution in [3.63, 3.8) is 0 Å². The molecular formula is C19H14Cl2N2O4S. The number of aryl methyl sites for hydroxylation is 1. The standard InChI is InChI=1S/C19H14Cl2N2O4S/c1-9-3-4-13-12(5-9)23(17(26)19(2,27-13)8-15(24)25)18-22-16-11(21)6-10(20)7-14(16)28-18/h3-7H,8H2,1-2H3,(H,24,25). The second-order valence-corrected chi connectivity index (χ2v) is 8.60. The van der Waals surface area contributed by atoms with Crippen LogP contribution < -0.4 is 9.64 Å². The summed E-state index contributed by atoms with van der Waals surface area (Å²) in [6, 6.07) is 8.67. The average molecular weight is 437 g/mol. The fourth-order valence-corrected chi connectivity index (χ4v) is 4.85. The predicted octanol–water partition coefficient (Wildman–Crippen LogP) is 5.20. The number of halogens is 2. The Kier molecular flexibility index (Phi) is 4.49. The van der Waals surface area contributed by atoms with Gasteiger partial charge in [-0.15, -0.1) is 0 Å². The Labute approximate surface area is 174 Å². The number of carboxylic acids is 1. The first-order valence-electron chi connectivity index (χ1n) is 8.29. The molecule has 1 amide bonds. The van der Waals surface area contributed by atoms with Crippen LogP contribution in [0.2, 0.25) is 10.0 Å². The van der Waals surface area contributed by atoms with Gasteiger partial charge in [0.1, 0.15) is 11.3 Å². The first-order valence-corrected chi connectivity index (χ1v) is 9.87. The number of hydrogen-bond donors (Lipinski definition) is 1. The molecule has 28 heavy (non-hydrogen) atoms. The molecule has 0 saturated carbocycles. The Hall–Kier alpha value is -2.35. The maximum absolute atomic E-state index is 13.3. The number of nitrogens with zero attached hydrogens (tertiary/aromatic N) is 2. The summed E-state index contributed by atoms with van der Waals surface area (Å²) in [5, 5.41) is 10.5. The van der Waals surface area contributed by atoms with Gasteiger partial charge in [0.2, 0.25) is 0 Å². The number of fused-ring (bicyclic) bond motifs is 2. The Morgan fingerprint density at radius 1 is 1.32 bits per heavy atom. The maximum atomic E-state index is 13.3. The molecule has 2 aromatic carbocycles. The third-order valence-electron chi connectivity index (χ3n) is 4.43. The predicted molar refractivity (Wildman–Crippen MR) is 109 cm³/mol. The zero-order chi connectivity index (χ0) is 20.2. The highest BCUT2D eigenvalue weighted by atomic mass is 35.5. The van der Waals surface area contributed by atoms with E-state index in [1.165, 1.54) is 23.2 Å². The van der Waals surface area contributed by atoms with Crippen LogP contribution >= 0.6 is 34.5 Å². The minimum atomic E-state index is -1.56. The van der Waals surface area contributed by atoms with Crippen LogP contribution in [0.5, 0.6) is 5.75 Å². The van der Waals surface area contributed by atoms with Gasteiger partial charge in [-0.25, -0.2) is 9.88 Å². The van der Waals surface area contributed by atoms with Gasteiger partial charge in [-0.3, -0.25) is 9.59 Å². The Morgan fingerprint density at radius 3 is 2.79 bits per heavy atom. The fourth-order valence-electron chi connectivity index (χ4n) is 3.15. The number of rotatable bonds is 3. The zero-order valence-corrected chi connectivity index (χ0v) is 17.2. The molecule has 1 aromatic heterocycles. The van der Waals surface area contributed by atoms with Crippen molar-refractivity contribution in [2.24, 2.45) is 0 Å². The zero-order valence-electron chi connectivity index (χ0n) is 14.8. The van der Waals surface area contributed by atoms with E-state index in [-0.39, 0.29) is 0 Å². The molecule has 0 bridgehead atoms. The van der Waals surface area contributed by atoms with Crippen molar-refractivity contribution >= 4 is 67.5 Å². The van der Waals surface area contributed by atoms with Gasteiger partial charge in [-0.1, -0.05) is 40.6 Å². The molecule has 0 saturated heterocycles. The van der Waals surface area contributed by atoms with Crippen LogP contribution in [0.15, 0.2) is 30.3 Å². The highest BCUT2D eigenvalue weighted by Crippen LogP contribution is 2.46. The van der Waals surface area contributed by atoms with Crippen molar-refractivity contribution in [1.29, 1.82) is 0 Å². The molecule has 1 aliphatic rings. The summed E-state index contributed by atoms with van der Waals surface area (Å²) in [7, 11) is 0. The average Bonchev–Trinajstić information content (AvgIpc) is 2.99. The summed E-state index contributed by atoms with van der Waals surface area (Å²) in [5.74, 6) is -1.22. The van der Waals surface area contributed by atoms with Gasteiger partial charge >= 0.3 is 5.97 Å². The van der Waals surface area contributed by atoms with Crippen LogP contribution in [0.1, 0.15) is 18.9 Å². The van der Waals surface area contributed by atoms with Crippen molar-refractivity contribution in [1.82, 2.24) is 4.98 Å². The third-order valence-corrected chi connectivity index (χ3v) is 5.92. The lowest BCUT2D eigenvalue weighted by Gasteiger charge is -2.39. The van der Waals surface area contributed by atoms with Crippen LogP contribution in [0.25, 0.3) is 10.2 Å². The monoisotopic (exact) mass is 436 g/mol. The summed E-state index contributed by atoms with van der Waals surface area (Å²) in [4.78, 5) is 30.6. The van der Waals surface area contributed by atoms with Crippen molar-refractivity contribution in [2.45, 2.75) is 25.9 Å². The SMILES string of the molecule is Cc1ccc2c(c1)N(c1nc3c(Cl)cc(Cl)cc3s1)C(=O)C(C)(CC(=O)O)O2. The van der Waals surface area contributed by atoms with Gasteiger partial charge in [0.25, 0.3) is 5.91 Å². The van der Waals surface area contributed by atoms with E-state index in [9.17, 15) is 14.7 Å². The van der Waals surface area contributed by atoms with Crippen LogP contribution in [0.3, 0.4) is 0 Å². The molecule has 1 N–H and O–H groups in total. The molecule has 4 rings (SSSR count). The van der Waals surface area contributed by atoms with E-state index in [0.29, 0.717) is 32.1 Å². The first kappa shape index (κ1) is 19.0. The lowest BCUT2D eigenvalue weighted by Crippen LogP contribution is -2.53.